The summed E-state index contributed by atoms with van der Waals surface area (Å²) >= 11 is 0. The highest BCUT2D eigenvalue weighted by Gasteiger charge is 2.23. The van der Waals surface area contributed by atoms with Crippen LogP contribution < -0.4 is 4.72 Å². The number of hydrogen-bond donors (Lipinski definition) is 1. The maximum atomic E-state index is 12.5. The van der Waals surface area contributed by atoms with E-state index in [2.05, 4.69) is 35.6 Å². The number of benzene rings is 2. The van der Waals surface area contributed by atoms with Gasteiger partial charge in [0.1, 0.15) is 0 Å². The minimum absolute atomic E-state index is 0.296. The molecule has 0 bridgehead atoms. The molecule has 1 unspecified atom stereocenters. The first-order valence-electron chi connectivity index (χ1n) is 9.46. The number of aryl methyl sites for hydroxylation is 1. The molecule has 0 saturated carbocycles. The highest BCUT2D eigenvalue weighted by atomic mass is 32.2. The summed E-state index contributed by atoms with van der Waals surface area (Å²) in [6.07, 6.45) is 3.26. The molecule has 1 N–H and O–H groups in total. The van der Waals surface area contributed by atoms with E-state index in [1.165, 1.54) is 18.4 Å². The molecule has 2 aromatic rings. The van der Waals surface area contributed by atoms with E-state index < -0.39 is 10.0 Å². The minimum Gasteiger partial charge on any atom is -0.303 e. The highest BCUT2D eigenvalue weighted by Crippen LogP contribution is 2.28. The minimum atomic E-state index is -3.54. The predicted molar refractivity (Wildman–Crippen MR) is 107 cm³/mol. The first-order valence-corrected chi connectivity index (χ1v) is 10.9. The van der Waals surface area contributed by atoms with Crippen LogP contribution >= 0.6 is 0 Å². The van der Waals surface area contributed by atoms with Gasteiger partial charge >= 0.3 is 0 Å². The third-order valence-electron chi connectivity index (χ3n) is 5.09. The predicted octanol–water partition coefficient (Wildman–Crippen LogP) is 4.25. The summed E-state index contributed by atoms with van der Waals surface area (Å²) in [7, 11) is -3.54. The fraction of sp³-hybridized carbons (Fsp3) is 0.429. The molecule has 0 radical (unpaired) electrons. The number of nitrogens with zero attached hydrogens (tertiary/aromatic N) is 1. The third kappa shape index (κ3) is 4.46. The van der Waals surface area contributed by atoms with Gasteiger partial charge in [0, 0.05) is 12.2 Å². The van der Waals surface area contributed by atoms with Crippen molar-refractivity contribution in [3.63, 3.8) is 0 Å². The lowest BCUT2D eigenvalue weighted by Gasteiger charge is -2.15. The Labute approximate surface area is 157 Å². The molecule has 3 rings (SSSR count). The van der Waals surface area contributed by atoms with Crippen molar-refractivity contribution < 1.29 is 8.42 Å². The van der Waals surface area contributed by atoms with E-state index in [0.717, 1.165) is 31.6 Å². The zero-order chi connectivity index (χ0) is 18.6. The smallest absolute Gasteiger partial charge is 0.261 e. The molecule has 140 valence electrons. The molecule has 26 heavy (non-hydrogen) atoms. The lowest BCUT2D eigenvalue weighted by Crippen LogP contribution is -2.20. The lowest BCUT2D eigenvalue weighted by atomic mass is 9.98. The van der Waals surface area contributed by atoms with E-state index >= 15 is 0 Å². The van der Waals surface area contributed by atoms with E-state index in [1.807, 2.05) is 24.3 Å². The first kappa shape index (κ1) is 18.9. The van der Waals surface area contributed by atoms with Crippen molar-refractivity contribution in [2.75, 3.05) is 24.4 Å². The van der Waals surface area contributed by atoms with Gasteiger partial charge in [-0.2, -0.15) is 0 Å². The van der Waals surface area contributed by atoms with Crippen molar-refractivity contribution in [3.8, 4) is 0 Å². The van der Waals surface area contributed by atoms with E-state index in [1.54, 1.807) is 12.1 Å². The van der Waals surface area contributed by atoms with Crippen LogP contribution in [-0.2, 0) is 16.4 Å². The van der Waals surface area contributed by atoms with Crippen LogP contribution in [0.25, 0.3) is 0 Å². The molecule has 0 aromatic heterocycles. The van der Waals surface area contributed by atoms with Crippen LogP contribution in [0.2, 0.25) is 0 Å². The molecule has 0 spiro atoms. The van der Waals surface area contributed by atoms with Gasteiger partial charge in [-0.1, -0.05) is 38.1 Å². The molecule has 0 aliphatic carbocycles. The fourth-order valence-electron chi connectivity index (χ4n) is 3.57. The second kappa shape index (κ2) is 8.23. The topological polar surface area (TPSA) is 49.4 Å². The maximum Gasteiger partial charge on any atom is 0.261 e. The molecular weight excluding hydrogens is 344 g/mol. The summed E-state index contributed by atoms with van der Waals surface area (Å²) in [6.45, 7) is 7.67. The van der Waals surface area contributed by atoms with E-state index in [0.29, 0.717) is 16.5 Å². The van der Waals surface area contributed by atoms with Gasteiger partial charge in [-0.05, 0) is 73.7 Å². The van der Waals surface area contributed by atoms with Gasteiger partial charge in [0.15, 0.2) is 0 Å². The molecule has 1 aliphatic heterocycles. The molecule has 2 aromatic carbocycles. The second-order valence-electron chi connectivity index (χ2n) is 7.01. The van der Waals surface area contributed by atoms with Crippen LogP contribution in [0.4, 0.5) is 5.69 Å². The number of sulfonamides is 1. The quantitative estimate of drug-likeness (QED) is 0.790. The Hall–Kier alpha value is -1.85. The molecule has 1 heterocycles. The standard InChI is InChI=1S/C21H28N2O2S/c1-3-14-23-15-13-19(16-23)18-7-9-20(10-8-18)22-26(24,25)21-11-5-17(4-2)6-12-21/h5-12,19,22H,3-4,13-16H2,1-2H3. The molecule has 1 atom stereocenters. The molecule has 1 fully saturated rings. The summed E-state index contributed by atoms with van der Waals surface area (Å²) in [4.78, 5) is 2.80. The SMILES string of the molecule is CCCN1CCC(c2ccc(NS(=O)(=O)c3ccc(CC)cc3)cc2)C1. The van der Waals surface area contributed by atoms with Crippen LogP contribution in [0.1, 0.15) is 43.7 Å². The zero-order valence-electron chi connectivity index (χ0n) is 15.6. The van der Waals surface area contributed by atoms with Crippen LogP contribution in [0.3, 0.4) is 0 Å². The first-order chi connectivity index (χ1) is 12.5. The number of hydrogen-bond acceptors (Lipinski definition) is 3. The van der Waals surface area contributed by atoms with E-state index in [-0.39, 0.29) is 0 Å². The van der Waals surface area contributed by atoms with Crippen molar-refractivity contribution in [1.29, 1.82) is 0 Å². The van der Waals surface area contributed by atoms with Crippen molar-refractivity contribution in [3.05, 3.63) is 59.7 Å². The van der Waals surface area contributed by atoms with Gasteiger partial charge in [0.25, 0.3) is 10.0 Å². The average Bonchev–Trinajstić information content (AvgIpc) is 3.11. The van der Waals surface area contributed by atoms with Gasteiger partial charge < -0.3 is 4.90 Å². The summed E-state index contributed by atoms with van der Waals surface area (Å²) < 4.78 is 27.8. The summed E-state index contributed by atoms with van der Waals surface area (Å²) in [5, 5.41) is 0. The van der Waals surface area contributed by atoms with Gasteiger partial charge in [0.05, 0.1) is 4.90 Å². The van der Waals surface area contributed by atoms with Crippen molar-refractivity contribution >= 4 is 15.7 Å². The molecule has 0 amide bonds. The normalized spacial score (nSPS) is 18.2. The van der Waals surface area contributed by atoms with Gasteiger partial charge in [-0.3, -0.25) is 4.72 Å². The largest absolute Gasteiger partial charge is 0.303 e. The Morgan fingerprint density at radius 2 is 1.73 bits per heavy atom. The number of rotatable bonds is 7. The fourth-order valence-corrected chi connectivity index (χ4v) is 4.62. The molecule has 4 nitrogen and oxygen atoms in total. The zero-order valence-corrected chi connectivity index (χ0v) is 16.4. The highest BCUT2D eigenvalue weighted by molar-refractivity contribution is 7.92. The number of likely N-dealkylation sites (tertiary alicyclic amines) is 1. The Bertz CT molecular complexity index is 814. The Morgan fingerprint density at radius 3 is 2.35 bits per heavy atom. The Morgan fingerprint density at radius 1 is 1.04 bits per heavy atom. The summed E-state index contributed by atoms with van der Waals surface area (Å²) in [6, 6.07) is 14.9. The second-order valence-corrected chi connectivity index (χ2v) is 8.69. The van der Waals surface area contributed by atoms with Crippen LogP contribution in [0, 0.1) is 0 Å². The summed E-state index contributed by atoms with van der Waals surface area (Å²) in [5.74, 6) is 0.550. The lowest BCUT2D eigenvalue weighted by molar-refractivity contribution is 0.335. The Kier molecular flexibility index (Phi) is 5.99. The molecule has 1 aliphatic rings. The summed E-state index contributed by atoms with van der Waals surface area (Å²) in [5.41, 5.74) is 3.03. The van der Waals surface area contributed by atoms with Crippen LogP contribution in [0.5, 0.6) is 0 Å². The molecular formula is C21H28N2O2S. The number of anilines is 1. The third-order valence-corrected chi connectivity index (χ3v) is 6.49. The van der Waals surface area contributed by atoms with Gasteiger partial charge in [-0.25, -0.2) is 8.42 Å². The van der Waals surface area contributed by atoms with Crippen molar-refractivity contribution in [2.24, 2.45) is 0 Å². The molecule has 1 saturated heterocycles. The van der Waals surface area contributed by atoms with Crippen molar-refractivity contribution in [2.45, 2.75) is 43.9 Å². The molecule has 5 heteroatoms. The van der Waals surface area contributed by atoms with Crippen molar-refractivity contribution in [1.82, 2.24) is 4.90 Å². The number of nitrogens with one attached hydrogen (secondary N) is 1. The monoisotopic (exact) mass is 372 g/mol. The van der Waals surface area contributed by atoms with Gasteiger partial charge in [0.2, 0.25) is 0 Å². The Balaban J connectivity index is 1.67. The van der Waals surface area contributed by atoms with Crippen LogP contribution in [-0.4, -0.2) is 33.0 Å². The van der Waals surface area contributed by atoms with E-state index in [9.17, 15) is 8.42 Å². The van der Waals surface area contributed by atoms with E-state index in [4.69, 9.17) is 0 Å². The average molecular weight is 373 g/mol. The maximum absolute atomic E-state index is 12.5. The van der Waals surface area contributed by atoms with Crippen LogP contribution in [0.15, 0.2) is 53.4 Å². The van der Waals surface area contributed by atoms with Gasteiger partial charge in [-0.15, -0.1) is 0 Å².